The maximum Gasteiger partial charge on any atom is 0.261 e. The first-order valence-electron chi connectivity index (χ1n) is 10.7. The van der Waals surface area contributed by atoms with E-state index >= 15 is 0 Å². The van der Waals surface area contributed by atoms with E-state index in [-0.39, 0.29) is 16.9 Å². The highest BCUT2D eigenvalue weighted by atomic mass is 79.9. The molecule has 6 nitrogen and oxygen atoms in total. The molecule has 0 aliphatic heterocycles. The zero-order valence-electron chi connectivity index (χ0n) is 19.1. The molecule has 0 aliphatic rings. The van der Waals surface area contributed by atoms with Crippen LogP contribution in [0.15, 0.2) is 71.2 Å². The van der Waals surface area contributed by atoms with Crippen molar-refractivity contribution in [2.45, 2.75) is 20.8 Å². The molecule has 0 saturated heterocycles. The van der Waals surface area contributed by atoms with Crippen LogP contribution >= 0.6 is 28.1 Å². The van der Waals surface area contributed by atoms with Gasteiger partial charge in [0.2, 0.25) is 0 Å². The van der Waals surface area contributed by atoms with Gasteiger partial charge in [-0.15, -0.1) is 0 Å². The molecule has 0 bridgehead atoms. The van der Waals surface area contributed by atoms with Crippen LogP contribution < -0.4 is 20.7 Å². The number of thiocarbonyl (C=S) groups is 1. The molecule has 3 aromatic carbocycles. The normalized spacial score (nSPS) is 10.5. The van der Waals surface area contributed by atoms with Gasteiger partial charge in [0.05, 0.1) is 12.2 Å². The summed E-state index contributed by atoms with van der Waals surface area (Å²) in [6.45, 7) is 6.47. The fourth-order valence-corrected chi connectivity index (χ4v) is 3.63. The number of carbonyl (C=O) groups excluding carboxylic acids is 2. The Morgan fingerprint density at radius 3 is 2.21 bits per heavy atom. The van der Waals surface area contributed by atoms with Gasteiger partial charge in [-0.05, 0) is 79.2 Å². The number of anilines is 2. The Morgan fingerprint density at radius 1 is 0.912 bits per heavy atom. The molecule has 2 amide bonds. The van der Waals surface area contributed by atoms with Crippen LogP contribution in [-0.4, -0.2) is 23.5 Å². The molecule has 3 rings (SSSR count). The van der Waals surface area contributed by atoms with E-state index in [0.29, 0.717) is 40.8 Å². The molecule has 0 radical (unpaired) electrons. The Labute approximate surface area is 213 Å². The summed E-state index contributed by atoms with van der Waals surface area (Å²) < 4.78 is 6.54. The summed E-state index contributed by atoms with van der Waals surface area (Å²) in [4.78, 5) is 25.3. The van der Waals surface area contributed by atoms with Crippen LogP contribution in [0, 0.1) is 12.8 Å². The van der Waals surface area contributed by atoms with Crippen molar-refractivity contribution in [1.29, 1.82) is 0 Å². The highest BCUT2D eigenvalue weighted by Gasteiger charge is 2.15. The van der Waals surface area contributed by atoms with Crippen molar-refractivity contribution in [1.82, 2.24) is 5.32 Å². The Morgan fingerprint density at radius 2 is 1.56 bits per heavy atom. The average molecular weight is 540 g/mol. The SMILES string of the molecule is Cc1ccccc1C(=O)Nc1ccc(NC(=S)NC(=O)c2cc(Br)ccc2OCC(C)C)cc1. The summed E-state index contributed by atoms with van der Waals surface area (Å²) in [7, 11) is 0. The molecule has 0 aromatic heterocycles. The van der Waals surface area contributed by atoms with Crippen LogP contribution in [0.5, 0.6) is 5.75 Å². The summed E-state index contributed by atoms with van der Waals surface area (Å²) in [5.41, 5.74) is 3.23. The number of nitrogens with one attached hydrogen (secondary N) is 3. The van der Waals surface area contributed by atoms with Gasteiger partial charge >= 0.3 is 0 Å². The molecule has 0 heterocycles. The average Bonchev–Trinajstić information content (AvgIpc) is 2.79. The number of halogens is 1. The van der Waals surface area contributed by atoms with Crippen molar-refractivity contribution in [3.05, 3.63) is 87.9 Å². The van der Waals surface area contributed by atoms with Crippen molar-refractivity contribution >= 4 is 56.4 Å². The molecular weight excluding hydrogens is 514 g/mol. The molecule has 0 spiro atoms. The number of aryl methyl sites for hydroxylation is 1. The van der Waals surface area contributed by atoms with E-state index in [2.05, 4.69) is 31.9 Å². The van der Waals surface area contributed by atoms with Crippen LogP contribution in [0.2, 0.25) is 0 Å². The lowest BCUT2D eigenvalue weighted by molar-refractivity contribution is 0.0971. The minimum absolute atomic E-state index is 0.150. The largest absolute Gasteiger partial charge is 0.492 e. The maximum atomic E-state index is 12.8. The van der Waals surface area contributed by atoms with Crippen molar-refractivity contribution in [3.8, 4) is 5.75 Å². The Hall–Kier alpha value is -3.23. The molecule has 0 fully saturated rings. The van der Waals surface area contributed by atoms with Crippen molar-refractivity contribution in [3.63, 3.8) is 0 Å². The second kappa shape index (κ2) is 11.8. The second-order valence-corrected chi connectivity index (χ2v) is 9.42. The van der Waals surface area contributed by atoms with Gasteiger partial charge in [-0.25, -0.2) is 0 Å². The van der Waals surface area contributed by atoms with E-state index in [0.717, 1.165) is 10.0 Å². The molecule has 34 heavy (non-hydrogen) atoms. The fourth-order valence-electron chi connectivity index (χ4n) is 3.06. The number of benzene rings is 3. The minimum atomic E-state index is -0.375. The molecule has 3 aromatic rings. The van der Waals surface area contributed by atoms with Gasteiger partial charge in [0.1, 0.15) is 5.75 Å². The minimum Gasteiger partial charge on any atom is -0.492 e. The molecule has 8 heteroatoms. The first-order valence-corrected chi connectivity index (χ1v) is 11.9. The van der Waals surface area contributed by atoms with Gasteiger partial charge in [-0.2, -0.15) is 0 Å². The molecule has 0 aliphatic carbocycles. The summed E-state index contributed by atoms with van der Waals surface area (Å²) in [6.07, 6.45) is 0. The lowest BCUT2D eigenvalue weighted by Crippen LogP contribution is -2.34. The van der Waals surface area contributed by atoms with E-state index in [1.165, 1.54) is 0 Å². The predicted octanol–water partition coefficient (Wildman–Crippen LogP) is 6.17. The maximum absolute atomic E-state index is 12.8. The van der Waals surface area contributed by atoms with Crippen LogP contribution in [-0.2, 0) is 0 Å². The summed E-state index contributed by atoms with van der Waals surface area (Å²) in [6, 6.07) is 19.7. The molecule has 3 N–H and O–H groups in total. The highest BCUT2D eigenvalue weighted by molar-refractivity contribution is 9.10. The van der Waals surface area contributed by atoms with Gasteiger partial charge in [0, 0.05) is 21.4 Å². The topological polar surface area (TPSA) is 79.5 Å². The standard InChI is InChI=1S/C26H26BrN3O3S/c1-16(2)15-33-23-13-8-18(27)14-22(23)25(32)30-26(34)29-20-11-9-19(10-12-20)28-24(31)21-7-5-4-6-17(21)3/h4-14,16H,15H2,1-3H3,(H,28,31)(H2,29,30,32,34). The summed E-state index contributed by atoms with van der Waals surface area (Å²) in [5.74, 6) is 0.267. The molecule has 0 unspecified atom stereocenters. The first kappa shape index (κ1) is 25.4. The Bertz CT molecular complexity index is 1200. The van der Waals surface area contributed by atoms with Crippen molar-refractivity contribution in [2.75, 3.05) is 17.2 Å². The molecular formula is C26H26BrN3O3S. The summed E-state index contributed by atoms with van der Waals surface area (Å²) >= 11 is 8.70. The zero-order valence-corrected chi connectivity index (χ0v) is 21.5. The first-order chi connectivity index (χ1) is 16.2. The van der Waals surface area contributed by atoms with Gasteiger partial charge in [0.15, 0.2) is 5.11 Å². The van der Waals surface area contributed by atoms with E-state index in [1.807, 2.05) is 45.0 Å². The van der Waals surface area contributed by atoms with E-state index in [9.17, 15) is 9.59 Å². The monoisotopic (exact) mass is 539 g/mol. The summed E-state index contributed by atoms with van der Waals surface area (Å²) in [5, 5.41) is 8.69. The van der Waals surface area contributed by atoms with E-state index in [1.54, 1.807) is 42.5 Å². The predicted molar refractivity (Wildman–Crippen MR) is 144 cm³/mol. The van der Waals surface area contributed by atoms with Crippen molar-refractivity contribution < 1.29 is 14.3 Å². The van der Waals surface area contributed by atoms with Gasteiger partial charge in [0.25, 0.3) is 11.8 Å². The molecule has 0 saturated carbocycles. The number of ether oxygens (including phenoxy) is 1. The van der Waals surface area contributed by atoms with Gasteiger partial charge in [-0.1, -0.05) is 48.0 Å². The Balaban J connectivity index is 1.60. The molecule has 0 atom stereocenters. The number of rotatable bonds is 7. The zero-order chi connectivity index (χ0) is 24.7. The van der Waals surface area contributed by atoms with Gasteiger partial charge in [-0.3, -0.25) is 14.9 Å². The van der Waals surface area contributed by atoms with Crippen LogP contribution in [0.1, 0.15) is 40.1 Å². The number of hydrogen-bond donors (Lipinski definition) is 3. The third-order valence-electron chi connectivity index (χ3n) is 4.78. The molecule has 176 valence electrons. The van der Waals surface area contributed by atoms with Gasteiger partial charge < -0.3 is 15.4 Å². The van der Waals surface area contributed by atoms with Crippen LogP contribution in [0.25, 0.3) is 0 Å². The number of carbonyl (C=O) groups is 2. The van der Waals surface area contributed by atoms with E-state index in [4.69, 9.17) is 17.0 Å². The lowest BCUT2D eigenvalue weighted by atomic mass is 10.1. The lowest BCUT2D eigenvalue weighted by Gasteiger charge is -2.15. The third kappa shape index (κ3) is 7.13. The Kier molecular flexibility index (Phi) is 8.79. The van der Waals surface area contributed by atoms with E-state index < -0.39 is 0 Å². The highest BCUT2D eigenvalue weighted by Crippen LogP contribution is 2.24. The third-order valence-corrected chi connectivity index (χ3v) is 5.47. The van der Waals surface area contributed by atoms with Crippen LogP contribution in [0.4, 0.5) is 11.4 Å². The van der Waals surface area contributed by atoms with Crippen molar-refractivity contribution in [2.24, 2.45) is 5.92 Å². The smallest absolute Gasteiger partial charge is 0.261 e. The second-order valence-electron chi connectivity index (χ2n) is 8.10. The van der Waals surface area contributed by atoms with Crippen LogP contribution in [0.3, 0.4) is 0 Å². The number of amides is 2. The quantitative estimate of drug-likeness (QED) is 0.313. The fraction of sp³-hybridized carbons (Fsp3) is 0.192. The number of hydrogen-bond acceptors (Lipinski definition) is 4.